The van der Waals surface area contributed by atoms with Crippen LogP contribution in [0.2, 0.25) is 0 Å². The minimum atomic E-state index is -0.928. The molecule has 1 saturated carbocycles. The highest BCUT2D eigenvalue weighted by atomic mass is 16.5. The summed E-state index contributed by atoms with van der Waals surface area (Å²) in [6, 6.07) is 15.8. The molecule has 2 aromatic carbocycles. The highest BCUT2D eigenvalue weighted by Crippen LogP contribution is 2.44. The molecular weight excluding hydrogens is 396 g/mol. The number of hydrogen-bond donors (Lipinski definition) is 3. The number of ether oxygens (including phenoxy) is 1. The number of alkyl carbamates (subject to hydrolysis) is 1. The van der Waals surface area contributed by atoms with Gasteiger partial charge in [0.05, 0.1) is 12.0 Å². The third-order valence-corrected chi connectivity index (χ3v) is 5.95. The van der Waals surface area contributed by atoms with Crippen LogP contribution in [0.5, 0.6) is 0 Å². The first-order chi connectivity index (χ1) is 14.9. The molecular formula is C24H26N2O5. The lowest BCUT2D eigenvalue weighted by Gasteiger charge is -2.19. The number of fused-ring (bicyclic) bond motifs is 3. The average molecular weight is 422 g/mol. The van der Waals surface area contributed by atoms with Crippen LogP contribution in [0.4, 0.5) is 4.79 Å². The molecule has 7 heteroatoms. The zero-order valence-corrected chi connectivity index (χ0v) is 17.4. The number of carbonyl (C=O) groups excluding carboxylic acids is 2. The lowest BCUT2D eigenvalue weighted by Crippen LogP contribution is -2.43. The van der Waals surface area contributed by atoms with Gasteiger partial charge < -0.3 is 20.5 Å². The van der Waals surface area contributed by atoms with Crippen molar-refractivity contribution in [3.05, 3.63) is 59.7 Å². The molecule has 7 nitrogen and oxygen atoms in total. The first kappa shape index (κ1) is 20.9. The van der Waals surface area contributed by atoms with E-state index in [0.717, 1.165) is 22.3 Å². The summed E-state index contributed by atoms with van der Waals surface area (Å²) in [5, 5.41) is 14.4. The maximum atomic E-state index is 12.3. The second kappa shape index (κ2) is 8.41. The van der Waals surface area contributed by atoms with Crippen LogP contribution in [0.25, 0.3) is 11.1 Å². The van der Waals surface area contributed by atoms with Gasteiger partial charge in [0.15, 0.2) is 0 Å². The van der Waals surface area contributed by atoms with Gasteiger partial charge in [-0.2, -0.15) is 0 Å². The summed E-state index contributed by atoms with van der Waals surface area (Å²) >= 11 is 0. The second-order valence-electron chi connectivity index (χ2n) is 8.47. The van der Waals surface area contributed by atoms with Gasteiger partial charge in [-0.05, 0) is 42.0 Å². The summed E-state index contributed by atoms with van der Waals surface area (Å²) < 4.78 is 5.50. The fraction of sp³-hybridized carbons (Fsp3) is 0.375. The van der Waals surface area contributed by atoms with E-state index in [1.807, 2.05) is 24.3 Å². The van der Waals surface area contributed by atoms with Gasteiger partial charge in [0.1, 0.15) is 6.61 Å². The van der Waals surface area contributed by atoms with E-state index in [9.17, 15) is 14.4 Å². The largest absolute Gasteiger partial charge is 0.481 e. The van der Waals surface area contributed by atoms with Crippen molar-refractivity contribution < 1.29 is 24.2 Å². The van der Waals surface area contributed by atoms with Crippen molar-refractivity contribution in [2.24, 2.45) is 0 Å². The van der Waals surface area contributed by atoms with Gasteiger partial charge in [0.25, 0.3) is 0 Å². The van der Waals surface area contributed by atoms with Crippen LogP contribution in [0.1, 0.15) is 49.7 Å². The SMILES string of the molecule is C[C@@H](CC(=O)NC1(CC(=O)O)CC1)NC(=O)OCC1c2ccccc2-c2ccccc21. The monoisotopic (exact) mass is 422 g/mol. The second-order valence-corrected chi connectivity index (χ2v) is 8.47. The zero-order valence-electron chi connectivity index (χ0n) is 17.4. The molecule has 2 aliphatic rings. The van der Waals surface area contributed by atoms with Crippen molar-refractivity contribution in [1.29, 1.82) is 0 Å². The van der Waals surface area contributed by atoms with Crippen molar-refractivity contribution in [3.8, 4) is 11.1 Å². The first-order valence-electron chi connectivity index (χ1n) is 10.5. The Bertz CT molecular complexity index is 969. The molecule has 0 unspecified atom stereocenters. The number of carbonyl (C=O) groups is 3. The van der Waals surface area contributed by atoms with E-state index in [0.29, 0.717) is 12.8 Å². The smallest absolute Gasteiger partial charge is 0.407 e. The maximum Gasteiger partial charge on any atom is 0.407 e. The summed E-state index contributed by atoms with van der Waals surface area (Å²) in [6.45, 7) is 1.93. The van der Waals surface area contributed by atoms with Crippen LogP contribution in [0.3, 0.4) is 0 Å². The molecule has 4 rings (SSSR count). The molecule has 0 aromatic heterocycles. The van der Waals surface area contributed by atoms with Gasteiger partial charge in [0, 0.05) is 18.4 Å². The van der Waals surface area contributed by atoms with Crippen molar-refractivity contribution in [2.45, 2.75) is 50.1 Å². The predicted octanol–water partition coefficient (Wildman–Crippen LogP) is 3.43. The molecule has 2 aliphatic carbocycles. The van der Waals surface area contributed by atoms with Crippen LogP contribution in [-0.4, -0.2) is 41.3 Å². The number of carboxylic acid groups (broad SMARTS) is 1. The number of hydrogen-bond acceptors (Lipinski definition) is 4. The van der Waals surface area contributed by atoms with Crippen LogP contribution in [-0.2, 0) is 14.3 Å². The number of benzene rings is 2. The van der Waals surface area contributed by atoms with Crippen LogP contribution in [0.15, 0.2) is 48.5 Å². The Morgan fingerprint density at radius 3 is 2.19 bits per heavy atom. The summed E-state index contributed by atoms with van der Waals surface area (Å²) in [7, 11) is 0. The number of rotatable bonds is 8. The van der Waals surface area contributed by atoms with Gasteiger partial charge >= 0.3 is 12.1 Å². The minimum absolute atomic E-state index is 0.0255. The molecule has 1 atom stereocenters. The first-order valence-corrected chi connectivity index (χ1v) is 10.5. The Hall–Kier alpha value is -3.35. The summed E-state index contributed by atoms with van der Waals surface area (Å²) in [6.07, 6.45) is 0.741. The normalized spacial score (nSPS) is 16.5. The maximum absolute atomic E-state index is 12.3. The van der Waals surface area contributed by atoms with E-state index < -0.39 is 23.6 Å². The van der Waals surface area contributed by atoms with E-state index in [-0.39, 0.29) is 31.3 Å². The van der Waals surface area contributed by atoms with Crippen molar-refractivity contribution in [1.82, 2.24) is 10.6 Å². The van der Waals surface area contributed by atoms with Crippen molar-refractivity contribution in [3.63, 3.8) is 0 Å². The molecule has 1 fully saturated rings. The fourth-order valence-electron chi connectivity index (χ4n) is 4.30. The molecule has 2 amide bonds. The zero-order chi connectivity index (χ0) is 22.0. The van der Waals surface area contributed by atoms with Crippen LogP contribution in [0, 0.1) is 0 Å². The van der Waals surface area contributed by atoms with Crippen molar-refractivity contribution >= 4 is 18.0 Å². The van der Waals surface area contributed by atoms with Gasteiger partial charge in [0.2, 0.25) is 5.91 Å². The lowest BCUT2D eigenvalue weighted by atomic mass is 9.98. The van der Waals surface area contributed by atoms with Crippen LogP contribution >= 0.6 is 0 Å². The molecule has 3 N–H and O–H groups in total. The quantitative estimate of drug-likeness (QED) is 0.605. The molecule has 0 spiro atoms. The molecule has 162 valence electrons. The third kappa shape index (κ3) is 4.71. The topological polar surface area (TPSA) is 105 Å². The molecule has 0 heterocycles. The Balaban J connectivity index is 1.29. The Morgan fingerprint density at radius 1 is 1.06 bits per heavy atom. The molecule has 0 aliphatic heterocycles. The average Bonchev–Trinajstić information content (AvgIpc) is 3.37. The number of aliphatic carboxylic acids is 1. The minimum Gasteiger partial charge on any atom is -0.481 e. The summed E-state index contributed by atoms with van der Waals surface area (Å²) in [5.41, 5.74) is 3.97. The van der Waals surface area contributed by atoms with Gasteiger partial charge in [-0.15, -0.1) is 0 Å². The summed E-state index contributed by atoms with van der Waals surface area (Å²) in [5.74, 6) is -1.23. The van der Waals surface area contributed by atoms with Crippen LogP contribution < -0.4 is 10.6 Å². The van der Waals surface area contributed by atoms with Crippen molar-refractivity contribution in [2.75, 3.05) is 6.61 Å². The lowest BCUT2D eigenvalue weighted by molar-refractivity contribution is -0.138. The Labute approximate surface area is 180 Å². The highest BCUT2D eigenvalue weighted by molar-refractivity contribution is 5.81. The van der Waals surface area contributed by atoms with Gasteiger partial charge in [-0.1, -0.05) is 48.5 Å². The Kier molecular flexibility index (Phi) is 5.67. The molecule has 2 aromatic rings. The molecule has 0 saturated heterocycles. The van der Waals surface area contributed by atoms with Gasteiger partial charge in [-0.3, -0.25) is 9.59 Å². The number of nitrogens with one attached hydrogen (secondary N) is 2. The number of carboxylic acids is 1. The molecule has 0 bridgehead atoms. The standard InChI is InChI=1S/C24H26N2O5/c1-15(12-21(27)26-24(10-11-24)13-22(28)29)25-23(30)31-14-20-18-8-4-2-6-16(18)17-7-3-5-9-19(17)20/h2-9,15,20H,10-14H2,1H3,(H,25,30)(H,26,27)(H,28,29)/t15-/m0/s1. The van der Waals surface area contributed by atoms with E-state index in [1.54, 1.807) is 6.92 Å². The van der Waals surface area contributed by atoms with E-state index in [4.69, 9.17) is 9.84 Å². The van der Waals surface area contributed by atoms with E-state index in [1.165, 1.54) is 0 Å². The third-order valence-electron chi connectivity index (χ3n) is 5.95. The van der Waals surface area contributed by atoms with Gasteiger partial charge in [-0.25, -0.2) is 4.79 Å². The summed E-state index contributed by atoms with van der Waals surface area (Å²) in [4.78, 5) is 35.4. The molecule has 0 radical (unpaired) electrons. The fourth-order valence-corrected chi connectivity index (χ4v) is 4.30. The number of amides is 2. The predicted molar refractivity (Wildman–Crippen MR) is 115 cm³/mol. The van der Waals surface area contributed by atoms with E-state index >= 15 is 0 Å². The molecule has 31 heavy (non-hydrogen) atoms. The van der Waals surface area contributed by atoms with E-state index in [2.05, 4.69) is 34.9 Å². The Morgan fingerprint density at radius 2 is 1.65 bits per heavy atom. The highest BCUT2D eigenvalue weighted by Gasteiger charge is 2.45.